The molecule has 0 heterocycles. The van der Waals surface area contributed by atoms with Gasteiger partial charge in [-0.2, -0.15) is 0 Å². The predicted molar refractivity (Wildman–Crippen MR) is 216 cm³/mol. The fourth-order valence-corrected chi connectivity index (χ4v) is 11.9. The van der Waals surface area contributed by atoms with Gasteiger partial charge in [-0.25, -0.2) is 0 Å². The van der Waals surface area contributed by atoms with E-state index in [9.17, 15) is 12.6 Å². The lowest BCUT2D eigenvalue weighted by atomic mass is 10.0. The van der Waals surface area contributed by atoms with Crippen molar-refractivity contribution in [1.29, 1.82) is 0 Å². The maximum absolute atomic E-state index is 13.9. The van der Waals surface area contributed by atoms with E-state index in [4.69, 9.17) is 0 Å². The maximum Gasteiger partial charge on any atom is 0.0710 e. The van der Waals surface area contributed by atoms with Crippen LogP contribution in [0, 0.1) is 5.92 Å². The van der Waals surface area contributed by atoms with Crippen molar-refractivity contribution in [3.63, 3.8) is 0 Å². The first-order valence-electron chi connectivity index (χ1n) is 20.8. The Morgan fingerprint density at radius 1 is 0.438 bits per heavy atom. The Morgan fingerprint density at radius 2 is 0.792 bits per heavy atom. The van der Waals surface area contributed by atoms with Crippen LogP contribution in [0.4, 0.5) is 0 Å². The molecule has 6 heteroatoms. The van der Waals surface area contributed by atoms with Crippen molar-refractivity contribution < 1.29 is 12.6 Å². The first-order valence-corrected chi connectivity index (χ1v) is 24.7. The highest BCUT2D eigenvalue weighted by Gasteiger charge is 2.23. The lowest BCUT2D eigenvalue weighted by Crippen LogP contribution is -2.15. The first kappa shape index (κ1) is 45.7. The van der Waals surface area contributed by atoms with Crippen LogP contribution in [-0.2, 0) is 32.4 Å². The van der Waals surface area contributed by atoms with Crippen molar-refractivity contribution in [2.24, 2.45) is 5.92 Å². The number of benzene rings is 1. The molecule has 0 amide bonds. The highest BCUT2D eigenvalue weighted by Crippen LogP contribution is 2.29. The summed E-state index contributed by atoms with van der Waals surface area (Å²) in [6.07, 6.45) is 35.0. The minimum atomic E-state index is -1.29. The average molecular weight is 727 g/mol. The van der Waals surface area contributed by atoms with E-state index in [1.807, 2.05) is 18.2 Å². The molecule has 282 valence electrons. The standard InChI is InChI=1S/C42H78O3S3/c1-5-9-12-14-16-18-20-21-22-23-25-26-28-30-36-46(43)40-34-32-35-41(48(45)38-39(8-4)33-11-7-3)42(40)47(44)37-31-29-27-24-19-17-15-13-10-6-2/h32,34-35,39H,5-31,33,36-38H2,1-4H3. The van der Waals surface area contributed by atoms with E-state index in [0.717, 1.165) is 51.4 Å². The fourth-order valence-electron chi connectivity index (χ4n) is 6.64. The van der Waals surface area contributed by atoms with Crippen molar-refractivity contribution in [2.45, 2.75) is 222 Å². The molecule has 0 spiro atoms. The molecule has 0 N–H and O–H groups in total. The molecular weight excluding hydrogens is 649 g/mol. The summed E-state index contributed by atoms with van der Waals surface area (Å²) >= 11 is 0. The van der Waals surface area contributed by atoms with Crippen LogP contribution < -0.4 is 0 Å². The van der Waals surface area contributed by atoms with Gasteiger partial charge in [0.1, 0.15) is 0 Å². The second-order valence-corrected chi connectivity index (χ2v) is 18.9. The minimum absolute atomic E-state index is 0.402. The largest absolute Gasteiger partial charge is 0.254 e. The van der Waals surface area contributed by atoms with Gasteiger partial charge in [-0.1, -0.05) is 194 Å². The van der Waals surface area contributed by atoms with Gasteiger partial charge in [0.25, 0.3) is 0 Å². The molecule has 0 saturated heterocycles. The third kappa shape index (κ3) is 22.5. The molecule has 0 aromatic heterocycles. The zero-order valence-electron chi connectivity index (χ0n) is 32.2. The van der Waals surface area contributed by atoms with E-state index < -0.39 is 32.4 Å². The molecule has 0 bridgehead atoms. The van der Waals surface area contributed by atoms with E-state index in [2.05, 4.69) is 27.7 Å². The second kappa shape index (κ2) is 32.6. The van der Waals surface area contributed by atoms with E-state index in [0.29, 0.717) is 37.9 Å². The van der Waals surface area contributed by atoms with E-state index in [-0.39, 0.29) is 0 Å². The summed E-state index contributed by atoms with van der Waals surface area (Å²) in [6.45, 7) is 8.93. The molecule has 0 aliphatic rings. The maximum atomic E-state index is 13.9. The van der Waals surface area contributed by atoms with Crippen LogP contribution in [0.1, 0.15) is 207 Å². The predicted octanol–water partition coefficient (Wildman–Crippen LogP) is 13.6. The van der Waals surface area contributed by atoms with Crippen molar-refractivity contribution >= 4 is 32.4 Å². The Morgan fingerprint density at radius 3 is 1.19 bits per heavy atom. The van der Waals surface area contributed by atoms with Crippen LogP contribution in [0.25, 0.3) is 0 Å². The lowest BCUT2D eigenvalue weighted by molar-refractivity contribution is 0.494. The van der Waals surface area contributed by atoms with Crippen molar-refractivity contribution in [3.05, 3.63) is 18.2 Å². The van der Waals surface area contributed by atoms with Gasteiger partial charge in [-0.15, -0.1) is 0 Å². The Bertz CT molecular complexity index is 963. The summed E-state index contributed by atoms with van der Waals surface area (Å²) in [5, 5.41) is 0. The van der Waals surface area contributed by atoms with Crippen LogP contribution in [-0.4, -0.2) is 29.9 Å². The van der Waals surface area contributed by atoms with E-state index >= 15 is 0 Å². The molecule has 0 saturated carbocycles. The minimum Gasteiger partial charge on any atom is -0.254 e. The lowest BCUT2D eigenvalue weighted by Gasteiger charge is -2.17. The molecule has 48 heavy (non-hydrogen) atoms. The number of hydrogen-bond acceptors (Lipinski definition) is 3. The molecule has 4 unspecified atom stereocenters. The van der Waals surface area contributed by atoms with Crippen LogP contribution >= 0.6 is 0 Å². The van der Waals surface area contributed by atoms with Crippen LogP contribution in [0.2, 0.25) is 0 Å². The first-order chi connectivity index (χ1) is 23.5. The van der Waals surface area contributed by atoms with Gasteiger partial charge in [0.05, 0.1) is 47.1 Å². The van der Waals surface area contributed by atoms with Crippen LogP contribution in [0.3, 0.4) is 0 Å². The van der Waals surface area contributed by atoms with Gasteiger partial charge in [-0.3, -0.25) is 12.6 Å². The third-order valence-electron chi connectivity index (χ3n) is 9.96. The van der Waals surface area contributed by atoms with Crippen LogP contribution in [0.15, 0.2) is 32.9 Å². The fraction of sp³-hybridized carbons (Fsp3) is 0.857. The molecule has 0 aliphatic carbocycles. The smallest absolute Gasteiger partial charge is 0.0710 e. The normalized spacial score (nSPS) is 14.2. The topological polar surface area (TPSA) is 51.2 Å². The van der Waals surface area contributed by atoms with Crippen molar-refractivity contribution in [1.82, 2.24) is 0 Å². The van der Waals surface area contributed by atoms with Gasteiger partial charge in [0.15, 0.2) is 0 Å². The molecular formula is C42H78O3S3. The summed E-state index contributed by atoms with van der Waals surface area (Å²) in [7, 11) is -3.74. The van der Waals surface area contributed by atoms with Gasteiger partial charge in [-0.05, 0) is 37.3 Å². The highest BCUT2D eigenvalue weighted by atomic mass is 32.2. The summed E-state index contributed by atoms with van der Waals surface area (Å²) in [4.78, 5) is 2.01. The Balaban J connectivity index is 2.65. The summed E-state index contributed by atoms with van der Waals surface area (Å²) in [5.41, 5.74) is 0. The van der Waals surface area contributed by atoms with E-state index in [1.54, 1.807) is 0 Å². The Kier molecular flexibility index (Phi) is 31.0. The highest BCUT2D eigenvalue weighted by molar-refractivity contribution is 7.89. The molecule has 1 aromatic rings. The zero-order chi connectivity index (χ0) is 35.1. The second-order valence-electron chi connectivity index (χ2n) is 14.4. The van der Waals surface area contributed by atoms with Crippen molar-refractivity contribution in [2.75, 3.05) is 17.3 Å². The molecule has 0 fully saturated rings. The number of hydrogen-bond donors (Lipinski definition) is 0. The van der Waals surface area contributed by atoms with Gasteiger partial charge < -0.3 is 0 Å². The summed E-state index contributed by atoms with van der Waals surface area (Å²) in [5.74, 6) is 2.18. The monoisotopic (exact) mass is 727 g/mol. The third-order valence-corrected chi connectivity index (χ3v) is 14.9. The molecule has 4 atom stereocenters. The van der Waals surface area contributed by atoms with Gasteiger partial charge >= 0.3 is 0 Å². The molecule has 3 nitrogen and oxygen atoms in total. The molecule has 1 rings (SSSR count). The number of rotatable bonds is 35. The quantitative estimate of drug-likeness (QED) is 0.0654. The summed E-state index contributed by atoms with van der Waals surface area (Å²) < 4.78 is 41.4. The molecule has 0 aliphatic heterocycles. The van der Waals surface area contributed by atoms with Crippen molar-refractivity contribution in [3.8, 4) is 0 Å². The summed E-state index contributed by atoms with van der Waals surface area (Å²) in [6, 6.07) is 5.71. The van der Waals surface area contributed by atoms with E-state index in [1.165, 1.54) is 128 Å². The number of unbranched alkanes of at least 4 members (excludes halogenated alkanes) is 23. The molecule has 1 aromatic carbocycles. The zero-order valence-corrected chi connectivity index (χ0v) is 34.6. The SMILES string of the molecule is CCCCCCCCCCCCCCCCS(=O)c1cccc(S(=O)CC(CC)CCCC)c1S(=O)CCCCCCCCCCCC. The Hall–Kier alpha value is -0.330. The van der Waals surface area contributed by atoms with Crippen LogP contribution in [0.5, 0.6) is 0 Å². The molecule has 0 radical (unpaired) electrons. The average Bonchev–Trinajstić information content (AvgIpc) is 3.10. The van der Waals surface area contributed by atoms with Gasteiger partial charge in [0.2, 0.25) is 0 Å². The Labute approximate surface area is 307 Å². The van der Waals surface area contributed by atoms with Gasteiger partial charge in [0, 0.05) is 17.3 Å².